The largest absolute Gasteiger partial charge is 0.481 e. The average Bonchev–Trinajstić information content (AvgIpc) is 2.44. The second kappa shape index (κ2) is 6.54. The molecular weight excluding hydrogens is 258 g/mol. The fourth-order valence-corrected chi connectivity index (χ4v) is 2.73. The third-order valence-corrected chi connectivity index (χ3v) is 3.71. The van der Waals surface area contributed by atoms with Crippen LogP contribution >= 0.6 is 0 Å². The summed E-state index contributed by atoms with van der Waals surface area (Å²) in [6.45, 7) is 1.75. The highest BCUT2D eigenvalue weighted by atomic mass is 16.5. The van der Waals surface area contributed by atoms with E-state index in [1.807, 2.05) is 0 Å². The molecular formula is C14H21N3O3. The van der Waals surface area contributed by atoms with Gasteiger partial charge in [0.25, 0.3) is 0 Å². The van der Waals surface area contributed by atoms with E-state index < -0.39 is 12.0 Å². The first-order valence-corrected chi connectivity index (χ1v) is 6.99. The molecule has 20 heavy (non-hydrogen) atoms. The number of carboxylic acids is 1. The van der Waals surface area contributed by atoms with Crippen molar-refractivity contribution in [2.75, 3.05) is 12.4 Å². The first-order valence-electron chi connectivity index (χ1n) is 6.99. The van der Waals surface area contributed by atoms with Crippen molar-refractivity contribution < 1.29 is 14.6 Å². The Kier molecular flexibility index (Phi) is 4.76. The molecule has 0 aliphatic heterocycles. The molecule has 2 rings (SSSR count). The minimum atomic E-state index is -0.827. The third kappa shape index (κ3) is 3.59. The summed E-state index contributed by atoms with van der Waals surface area (Å²) in [6.07, 6.45) is 5.30. The topological polar surface area (TPSA) is 84.3 Å². The Morgan fingerprint density at radius 3 is 2.70 bits per heavy atom. The van der Waals surface area contributed by atoms with Crippen molar-refractivity contribution in [2.24, 2.45) is 5.92 Å². The van der Waals surface area contributed by atoms with Gasteiger partial charge in [-0.3, -0.25) is 0 Å². The highest BCUT2D eigenvalue weighted by Gasteiger charge is 2.29. The van der Waals surface area contributed by atoms with Gasteiger partial charge in [0.15, 0.2) is 0 Å². The van der Waals surface area contributed by atoms with E-state index in [1.54, 1.807) is 13.0 Å². The molecule has 2 N–H and O–H groups in total. The van der Waals surface area contributed by atoms with Crippen LogP contribution in [0.2, 0.25) is 0 Å². The van der Waals surface area contributed by atoms with Crippen molar-refractivity contribution in [3.63, 3.8) is 0 Å². The van der Waals surface area contributed by atoms with Gasteiger partial charge in [0.05, 0.1) is 7.11 Å². The van der Waals surface area contributed by atoms with E-state index in [0.29, 0.717) is 17.5 Å². The van der Waals surface area contributed by atoms with Gasteiger partial charge in [-0.1, -0.05) is 19.3 Å². The number of rotatable bonds is 5. The molecule has 0 amide bonds. The van der Waals surface area contributed by atoms with Gasteiger partial charge in [0.1, 0.15) is 17.7 Å². The number of hydrogen-bond donors (Lipinski definition) is 2. The molecule has 1 heterocycles. The lowest BCUT2D eigenvalue weighted by Crippen LogP contribution is -2.38. The summed E-state index contributed by atoms with van der Waals surface area (Å²) in [5.41, 5.74) is 0. The minimum absolute atomic E-state index is 0.155. The van der Waals surface area contributed by atoms with Gasteiger partial charge in [0, 0.05) is 6.07 Å². The molecule has 1 unspecified atom stereocenters. The zero-order chi connectivity index (χ0) is 14.5. The molecule has 110 valence electrons. The zero-order valence-electron chi connectivity index (χ0n) is 11.9. The number of carbonyl (C=O) groups is 1. The molecule has 1 aliphatic carbocycles. The maximum absolute atomic E-state index is 11.5. The Bertz CT molecular complexity index is 473. The highest BCUT2D eigenvalue weighted by molar-refractivity contribution is 5.77. The van der Waals surface area contributed by atoms with Gasteiger partial charge in [-0.15, -0.1) is 0 Å². The summed E-state index contributed by atoms with van der Waals surface area (Å²) in [5, 5.41) is 12.5. The number of aliphatic carboxylic acids is 1. The lowest BCUT2D eigenvalue weighted by Gasteiger charge is -2.28. The second-order valence-electron chi connectivity index (χ2n) is 5.20. The summed E-state index contributed by atoms with van der Waals surface area (Å²) < 4.78 is 5.08. The fourth-order valence-electron chi connectivity index (χ4n) is 2.73. The van der Waals surface area contributed by atoms with E-state index in [-0.39, 0.29) is 5.92 Å². The molecule has 6 heteroatoms. The normalized spacial score (nSPS) is 17.5. The van der Waals surface area contributed by atoms with Gasteiger partial charge >= 0.3 is 5.97 Å². The predicted molar refractivity (Wildman–Crippen MR) is 74.9 cm³/mol. The van der Waals surface area contributed by atoms with Crippen LogP contribution in [0.25, 0.3) is 0 Å². The lowest BCUT2D eigenvalue weighted by molar-refractivity contribution is -0.139. The van der Waals surface area contributed by atoms with E-state index in [1.165, 1.54) is 13.5 Å². The maximum Gasteiger partial charge on any atom is 0.326 e. The van der Waals surface area contributed by atoms with Crippen LogP contribution < -0.4 is 10.1 Å². The van der Waals surface area contributed by atoms with Crippen LogP contribution in [0.5, 0.6) is 5.88 Å². The van der Waals surface area contributed by atoms with E-state index in [4.69, 9.17) is 4.74 Å². The van der Waals surface area contributed by atoms with Gasteiger partial charge < -0.3 is 15.2 Å². The monoisotopic (exact) mass is 279 g/mol. The number of nitrogens with one attached hydrogen (secondary N) is 1. The number of aryl methyl sites for hydroxylation is 1. The van der Waals surface area contributed by atoms with Gasteiger partial charge in [-0.05, 0) is 25.7 Å². The molecule has 0 aromatic carbocycles. The number of carboxylic acid groups (broad SMARTS) is 1. The molecule has 1 saturated carbocycles. The molecule has 1 fully saturated rings. The van der Waals surface area contributed by atoms with E-state index >= 15 is 0 Å². The molecule has 1 aliphatic rings. The van der Waals surface area contributed by atoms with Crippen LogP contribution in [-0.2, 0) is 4.79 Å². The average molecular weight is 279 g/mol. The lowest BCUT2D eigenvalue weighted by atomic mass is 9.84. The van der Waals surface area contributed by atoms with Crippen LogP contribution in [0, 0.1) is 12.8 Å². The molecule has 0 spiro atoms. The summed E-state index contributed by atoms with van der Waals surface area (Å²) in [5.74, 6) is 0.828. The number of hydrogen-bond acceptors (Lipinski definition) is 5. The molecule has 1 aromatic heterocycles. The minimum Gasteiger partial charge on any atom is -0.481 e. The van der Waals surface area contributed by atoms with E-state index in [9.17, 15) is 9.90 Å². The first kappa shape index (κ1) is 14.6. The smallest absolute Gasteiger partial charge is 0.326 e. The molecule has 0 saturated heterocycles. The van der Waals surface area contributed by atoms with Gasteiger partial charge in [-0.2, -0.15) is 4.98 Å². The van der Waals surface area contributed by atoms with Crippen LogP contribution in [0.1, 0.15) is 37.9 Å². The van der Waals surface area contributed by atoms with Crippen molar-refractivity contribution >= 4 is 11.8 Å². The van der Waals surface area contributed by atoms with Crippen LogP contribution in [0.4, 0.5) is 5.82 Å². The van der Waals surface area contributed by atoms with E-state index in [0.717, 1.165) is 25.7 Å². The molecule has 0 bridgehead atoms. The van der Waals surface area contributed by atoms with Crippen LogP contribution in [-0.4, -0.2) is 34.2 Å². The van der Waals surface area contributed by atoms with Gasteiger partial charge in [-0.25, -0.2) is 9.78 Å². The van der Waals surface area contributed by atoms with Crippen molar-refractivity contribution in [3.8, 4) is 5.88 Å². The Hall–Kier alpha value is -1.85. The third-order valence-electron chi connectivity index (χ3n) is 3.71. The number of aromatic nitrogens is 2. The van der Waals surface area contributed by atoms with Crippen LogP contribution in [0.15, 0.2) is 6.07 Å². The number of methoxy groups -OCH3 is 1. The molecule has 1 aromatic rings. The summed E-state index contributed by atoms with van der Waals surface area (Å²) >= 11 is 0. The Labute approximate surface area is 118 Å². The van der Waals surface area contributed by atoms with Crippen molar-refractivity contribution in [2.45, 2.75) is 45.1 Å². The number of ether oxygens (including phenoxy) is 1. The SMILES string of the molecule is COc1cc(NC(C(=O)O)C2CCCCC2)nc(C)n1. The standard InChI is InChI=1S/C14H21N3O3/c1-9-15-11(8-12(16-9)20-2)17-13(14(18)19)10-6-4-3-5-7-10/h8,10,13H,3-7H2,1-2H3,(H,18,19)(H,15,16,17). The summed E-state index contributed by atoms with van der Waals surface area (Å²) in [6, 6.07) is 1.03. The Morgan fingerprint density at radius 1 is 1.40 bits per heavy atom. The molecule has 6 nitrogen and oxygen atoms in total. The summed E-state index contributed by atoms with van der Waals surface area (Å²) in [7, 11) is 1.53. The fraction of sp³-hybridized carbons (Fsp3) is 0.643. The second-order valence-corrected chi connectivity index (χ2v) is 5.20. The quantitative estimate of drug-likeness (QED) is 0.860. The Morgan fingerprint density at radius 2 is 2.10 bits per heavy atom. The number of nitrogens with zero attached hydrogens (tertiary/aromatic N) is 2. The van der Waals surface area contributed by atoms with Gasteiger partial charge in [0.2, 0.25) is 5.88 Å². The van der Waals surface area contributed by atoms with Crippen LogP contribution in [0.3, 0.4) is 0 Å². The van der Waals surface area contributed by atoms with Crippen molar-refractivity contribution in [1.82, 2.24) is 9.97 Å². The van der Waals surface area contributed by atoms with Crippen molar-refractivity contribution in [1.29, 1.82) is 0 Å². The van der Waals surface area contributed by atoms with E-state index in [2.05, 4.69) is 15.3 Å². The highest BCUT2D eigenvalue weighted by Crippen LogP contribution is 2.28. The molecule has 0 radical (unpaired) electrons. The summed E-state index contributed by atoms with van der Waals surface area (Å²) in [4.78, 5) is 19.8. The van der Waals surface area contributed by atoms with Crippen molar-refractivity contribution in [3.05, 3.63) is 11.9 Å². The number of anilines is 1. The maximum atomic E-state index is 11.5. The zero-order valence-corrected chi connectivity index (χ0v) is 11.9. The first-order chi connectivity index (χ1) is 9.60. The molecule has 1 atom stereocenters. The Balaban J connectivity index is 2.15. The predicted octanol–water partition coefficient (Wildman–Crippen LogP) is 2.24.